The van der Waals surface area contributed by atoms with Gasteiger partial charge >= 0.3 is 0 Å². The van der Waals surface area contributed by atoms with Gasteiger partial charge in [-0.3, -0.25) is 4.99 Å². The van der Waals surface area contributed by atoms with Gasteiger partial charge in [0, 0.05) is 6.21 Å². The van der Waals surface area contributed by atoms with Crippen LogP contribution in [0.15, 0.2) is 47.5 Å². The Kier molecular flexibility index (Phi) is 5.38. The number of aliphatic imine (C=N–C) groups is 1. The molecule has 0 heterocycles. The lowest BCUT2D eigenvalue weighted by Gasteiger charge is -2.12. The van der Waals surface area contributed by atoms with E-state index in [9.17, 15) is 10.2 Å². The Balaban J connectivity index is 2.04. The van der Waals surface area contributed by atoms with E-state index >= 15 is 0 Å². The summed E-state index contributed by atoms with van der Waals surface area (Å²) < 4.78 is 10.4. The molecule has 2 aromatic rings. The number of hydrogen-bond donors (Lipinski definition) is 2. The van der Waals surface area contributed by atoms with Gasteiger partial charge in [-0.1, -0.05) is 18.2 Å². The van der Waals surface area contributed by atoms with Gasteiger partial charge in [0.25, 0.3) is 0 Å². The fraction of sp³-hybridized carbons (Fsp3) is 0.235. The number of rotatable bonds is 6. The average Bonchev–Trinajstić information content (AvgIpc) is 2.54. The summed E-state index contributed by atoms with van der Waals surface area (Å²) in [4.78, 5) is 4.20. The van der Waals surface area contributed by atoms with Gasteiger partial charge in [0.2, 0.25) is 0 Å². The molecule has 0 spiro atoms. The van der Waals surface area contributed by atoms with Crippen LogP contribution in [0.2, 0.25) is 0 Å². The first kappa shape index (κ1) is 15.9. The van der Waals surface area contributed by atoms with Crippen molar-refractivity contribution in [2.45, 2.75) is 6.10 Å². The Morgan fingerprint density at radius 3 is 2.55 bits per heavy atom. The molecule has 22 heavy (non-hydrogen) atoms. The van der Waals surface area contributed by atoms with E-state index in [1.165, 1.54) is 0 Å². The van der Waals surface area contributed by atoms with Crippen LogP contribution in [0.3, 0.4) is 0 Å². The summed E-state index contributed by atoms with van der Waals surface area (Å²) in [5.74, 6) is 1.36. The predicted octanol–water partition coefficient (Wildman–Crippen LogP) is 2.56. The number of aliphatic hydroxyl groups is 1. The van der Waals surface area contributed by atoms with Gasteiger partial charge in [-0.2, -0.15) is 0 Å². The highest BCUT2D eigenvalue weighted by molar-refractivity contribution is 5.80. The molecule has 0 aliphatic carbocycles. The monoisotopic (exact) mass is 301 g/mol. The fourth-order valence-corrected chi connectivity index (χ4v) is 2.03. The normalized spacial score (nSPS) is 12.3. The third-order valence-electron chi connectivity index (χ3n) is 3.18. The Bertz CT molecular complexity index is 655. The first-order chi connectivity index (χ1) is 10.6. The van der Waals surface area contributed by atoms with Gasteiger partial charge in [-0.25, -0.2) is 0 Å². The Morgan fingerprint density at radius 2 is 1.86 bits per heavy atom. The maximum atomic E-state index is 10.2. The Morgan fingerprint density at radius 1 is 1.09 bits per heavy atom. The van der Waals surface area contributed by atoms with Crippen LogP contribution in [0.4, 0.5) is 0 Å². The highest BCUT2D eigenvalue weighted by Crippen LogP contribution is 2.30. The lowest BCUT2D eigenvalue weighted by Crippen LogP contribution is -2.03. The van der Waals surface area contributed by atoms with Gasteiger partial charge < -0.3 is 19.7 Å². The summed E-state index contributed by atoms with van der Waals surface area (Å²) in [5, 5.41) is 19.5. The molecule has 0 aromatic heterocycles. The minimum atomic E-state index is -0.742. The minimum absolute atomic E-state index is 0.185. The number of phenols is 1. The highest BCUT2D eigenvalue weighted by Gasteiger charge is 2.10. The van der Waals surface area contributed by atoms with Crippen molar-refractivity contribution in [2.75, 3.05) is 20.8 Å². The van der Waals surface area contributed by atoms with Crippen LogP contribution in [-0.4, -0.2) is 37.2 Å². The maximum Gasteiger partial charge on any atom is 0.161 e. The van der Waals surface area contributed by atoms with Crippen molar-refractivity contribution in [2.24, 2.45) is 4.99 Å². The smallest absolute Gasteiger partial charge is 0.161 e. The average molecular weight is 301 g/mol. The number of benzene rings is 2. The third kappa shape index (κ3) is 3.99. The van der Waals surface area contributed by atoms with Gasteiger partial charge in [0.05, 0.1) is 26.9 Å². The summed E-state index contributed by atoms with van der Waals surface area (Å²) in [6, 6.07) is 12.0. The molecule has 0 saturated carbocycles. The summed E-state index contributed by atoms with van der Waals surface area (Å²) in [6.07, 6.45) is 0.873. The molecule has 2 aromatic carbocycles. The van der Waals surface area contributed by atoms with Crippen LogP contribution in [0.25, 0.3) is 0 Å². The van der Waals surface area contributed by atoms with Crippen LogP contribution >= 0.6 is 0 Å². The predicted molar refractivity (Wildman–Crippen MR) is 85.1 cm³/mol. The molecule has 1 unspecified atom stereocenters. The zero-order valence-corrected chi connectivity index (χ0v) is 12.6. The van der Waals surface area contributed by atoms with E-state index in [0.29, 0.717) is 17.1 Å². The van der Waals surface area contributed by atoms with Crippen molar-refractivity contribution in [3.05, 3.63) is 53.6 Å². The molecule has 0 saturated heterocycles. The molecule has 0 aliphatic heterocycles. The number of ether oxygens (including phenoxy) is 2. The van der Waals surface area contributed by atoms with Crippen LogP contribution in [0.5, 0.6) is 17.2 Å². The van der Waals surface area contributed by atoms with Gasteiger partial charge in [0.15, 0.2) is 11.5 Å². The Labute approximate surface area is 129 Å². The van der Waals surface area contributed by atoms with E-state index in [1.807, 2.05) is 6.07 Å². The molecule has 0 amide bonds. The molecular weight excluding hydrogens is 282 g/mol. The number of aliphatic hydroxyl groups excluding tert-OH is 1. The zero-order valence-electron chi connectivity index (χ0n) is 12.6. The number of phenolic OH excluding ortho intramolecular Hbond substituents is 1. The summed E-state index contributed by atoms with van der Waals surface area (Å²) in [7, 11) is 3.11. The van der Waals surface area contributed by atoms with E-state index in [1.54, 1.807) is 56.8 Å². The second-order valence-electron chi connectivity index (χ2n) is 4.72. The number of nitrogens with zero attached hydrogens (tertiary/aromatic N) is 1. The minimum Gasteiger partial charge on any atom is -0.508 e. The van der Waals surface area contributed by atoms with Crippen LogP contribution in [0.1, 0.15) is 17.2 Å². The number of hydrogen-bond acceptors (Lipinski definition) is 5. The quantitative estimate of drug-likeness (QED) is 0.804. The maximum absolute atomic E-state index is 10.2. The topological polar surface area (TPSA) is 71.3 Å². The first-order valence-corrected chi connectivity index (χ1v) is 6.83. The van der Waals surface area contributed by atoms with Crippen molar-refractivity contribution in [1.82, 2.24) is 0 Å². The third-order valence-corrected chi connectivity index (χ3v) is 3.18. The number of methoxy groups -OCH3 is 2. The lowest BCUT2D eigenvalue weighted by molar-refractivity contribution is 0.187. The van der Waals surface area contributed by atoms with Gasteiger partial charge in [-0.05, 0) is 35.4 Å². The molecule has 0 radical (unpaired) electrons. The molecule has 0 fully saturated rings. The standard InChI is InChI=1S/C17H19NO4/c1-21-16-7-6-13(9-17(16)22-2)15(20)11-18-10-12-4-3-5-14(19)8-12/h3-10,15,19-20H,11H2,1-2H3. The molecule has 0 aliphatic rings. The van der Waals surface area contributed by atoms with E-state index in [0.717, 1.165) is 5.56 Å². The molecule has 5 nitrogen and oxygen atoms in total. The summed E-state index contributed by atoms with van der Waals surface area (Å²) in [6.45, 7) is 0.213. The summed E-state index contributed by atoms with van der Waals surface area (Å²) in [5.41, 5.74) is 1.48. The van der Waals surface area contributed by atoms with Crippen molar-refractivity contribution >= 4 is 6.21 Å². The molecule has 5 heteroatoms. The first-order valence-electron chi connectivity index (χ1n) is 6.83. The van der Waals surface area contributed by atoms with Gasteiger partial charge in [0.1, 0.15) is 5.75 Å². The fourth-order valence-electron chi connectivity index (χ4n) is 2.03. The molecule has 2 N–H and O–H groups in total. The second-order valence-corrected chi connectivity index (χ2v) is 4.72. The van der Waals surface area contributed by atoms with Gasteiger partial charge in [-0.15, -0.1) is 0 Å². The van der Waals surface area contributed by atoms with Crippen LogP contribution in [-0.2, 0) is 0 Å². The lowest BCUT2D eigenvalue weighted by atomic mass is 10.1. The van der Waals surface area contributed by atoms with E-state index in [2.05, 4.69) is 4.99 Å². The van der Waals surface area contributed by atoms with Crippen LogP contribution < -0.4 is 9.47 Å². The molecule has 0 bridgehead atoms. The highest BCUT2D eigenvalue weighted by atomic mass is 16.5. The number of aromatic hydroxyl groups is 1. The van der Waals surface area contributed by atoms with E-state index in [-0.39, 0.29) is 12.3 Å². The SMILES string of the molecule is COc1ccc(C(O)CN=Cc2cccc(O)c2)cc1OC. The van der Waals surface area contributed by atoms with Crippen molar-refractivity contribution in [3.63, 3.8) is 0 Å². The summed E-state index contributed by atoms with van der Waals surface area (Å²) >= 11 is 0. The molecule has 1 atom stereocenters. The van der Waals surface area contributed by atoms with Crippen molar-refractivity contribution < 1.29 is 19.7 Å². The van der Waals surface area contributed by atoms with Crippen LogP contribution in [0, 0.1) is 0 Å². The van der Waals surface area contributed by atoms with E-state index in [4.69, 9.17) is 9.47 Å². The molecule has 116 valence electrons. The van der Waals surface area contributed by atoms with Crippen molar-refractivity contribution in [3.8, 4) is 17.2 Å². The largest absolute Gasteiger partial charge is 0.508 e. The zero-order chi connectivity index (χ0) is 15.9. The Hall–Kier alpha value is -2.53. The molecule has 2 rings (SSSR count). The van der Waals surface area contributed by atoms with E-state index < -0.39 is 6.10 Å². The van der Waals surface area contributed by atoms with Crippen molar-refractivity contribution in [1.29, 1.82) is 0 Å². The molecular formula is C17H19NO4. The second kappa shape index (κ2) is 7.47.